The lowest BCUT2D eigenvalue weighted by Gasteiger charge is -2.10. The smallest absolute Gasteiger partial charge is 0.240 e. The van der Waals surface area contributed by atoms with Crippen molar-refractivity contribution in [2.45, 2.75) is 13.8 Å². The standard InChI is InChI=1S/C16H13ClFN5/c1-8-5-11(6-9(2)20-8)15-14(21-16(19)23-22-15)10-3-4-13(18)12(17)7-10/h3-7H,1-2H3,(H2,19,21,23). The van der Waals surface area contributed by atoms with Gasteiger partial charge in [0.25, 0.3) is 0 Å². The molecule has 0 fully saturated rings. The van der Waals surface area contributed by atoms with Gasteiger partial charge in [-0.1, -0.05) is 11.6 Å². The maximum Gasteiger partial charge on any atom is 0.240 e. The van der Waals surface area contributed by atoms with Crippen molar-refractivity contribution >= 4 is 17.5 Å². The van der Waals surface area contributed by atoms with Gasteiger partial charge in [-0.3, -0.25) is 4.98 Å². The van der Waals surface area contributed by atoms with E-state index in [0.29, 0.717) is 17.0 Å². The molecular formula is C16H13ClFN5. The molecule has 2 aromatic heterocycles. The van der Waals surface area contributed by atoms with Crippen LogP contribution >= 0.6 is 11.6 Å². The molecule has 0 amide bonds. The fourth-order valence-electron chi connectivity index (χ4n) is 2.35. The molecule has 0 saturated carbocycles. The molecule has 3 rings (SSSR count). The van der Waals surface area contributed by atoms with E-state index in [4.69, 9.17) is 17.3 Å². The van der Waals surface area contributed by atoms with Gasteiger partial charge >= 0.3 is 0 Å². The fraction of sp³-hybridized carbons (Fsp3) is 0.125. The summed E-state index contributed by atoms with van der Waals surface area (Å²) < 4.78 is 13.4. The minimum atomic E-state index is -0.498. The second-order valence-electron chi connectivity index (χ2n) is 5.13. The lowest BCUT2D eigenvalue weighted by Crippen LogP contribution is -2.03. The van der Waals surface area contributed by atoms with Crippen LogP contribution in [0.15, 0.2) is 30.3 Å². The molecule has 2 heterocycles. The first-order chi connectivity index (χ1) is 10.9. The average molecular weight is 330 g/mol. The molecule has 3 aromatic rings. The van der Waals surface area contributed by atoms with Gasteiger partial charge in [0.05, 0.1) is 5.02 Å². The molecular weight excluding hydrogens is 317 g/mol. The number of aryl methyl sites for hydroxylation is 2. The first-order valence-electron chi connectivity index (χ1n) is 6.85. The molecule has 0 aliphatic carbocycles. The third-order valence-electron chi connectivity index (χ3n) is 3.25. The number of nitrogens with two attached hydrogens (primary N) is 1. The first-order valence-corrected chi connectivity index (χ1v) is 7.23. The van der Waals surface area contributed by atoms with E-state index in [1.54, 1.807) is 6.07 Å². The molecule has 0 radical (unpaired) electrons. The molecule has 0 saturated heterocycles. The molecule has 7 heteroatoms. The van der Waals surface area contributed by atoms with Crippen molar-refractivity contribution in [3.63, 3.8) is 0 Å². The largest absolute Gasteiger partial charge is 0.366 e. The Bertz CT molecular complexity index is 877. The Morgan fingerprint density at radius 3 is 2.26 bits per heavy atom. The number of nitrogens with zero attached hydrogens (tertiary/aromatic N) is 4. The Hall–Kier alpha value is -2.60. The molecule has 23 heavy (non-hydrogen) atoms. The summed E-state index contributed by atoms with van der Waals surface area (Å²) in [6, 6.07) is 8.11. The predicted octanol–water partition coefficient (Wildman–Crippen LogP) is 3.59. The van der Waals surface area contributed by atoms with Crippen LogP contribution in [0.5, 0.6) is 0 Å². The number of hydrogen-bond donors (Lipinski definition) is 1. The highest BCUT2D eigenvalue weighted by Gasteiger charge is 2.15. The summed E-state index contributed by atoms with van der Waals surface area (Å²) in [5, 5.41) is 7.99. The van der Waals surface area contributed by atoms with E-state index in [1.807, 2.05) is 26.0 Å². The lowest BCUT2D eigenvalue weighted by molar-refractivity contribution is 0.628. The first kappa shape index (κ1) is 15.3. The zero-order valence-corrected chi connectivity index (χ0v) is 13.3. The van der Waals surface area contributed by atoms with E-state index >= 15 is 0 Å². The monoisotopic (exact) mass is 329 g/mol. The number of pyridine rings is 1. The highest BCUT2D eigenvalue weighted by molar-refractivity contribution is 6.31. The number of nitrogen functional groups attached to an aromatic ring is 1. The van der Waals surface area contributed by atoms with E-state index < -0.39 is 5.82 Å². The zero-order valence-electron chi connectivity index (χ0n) is 12.5. The van der Waals surface area contributed by atoms with E-state index in [0.717, 1.165) is 17.0 Å². The summed E-state index contributed by atoms with van der Waals surface area (Å²) in [4.78, 5) is 8.59. The topological polar surface area (TPSA) is 77.6 Å². The number of hydrogen-bond acceptors (Lipinski definition) is 5. The Balaban J connectivity index is 2.24. The zero-order chi connectivity index (χ0) is 16.6. The van der Waals surface area contributed by atoms with Crippen LogP contribution in [0.4, 0.5) is 10.3 Å². The van der Waals surface area contributed by atoms with Crippen LogP contribution in [-0.4, -0.2) is 20.2 Å². The van der Waals surface area contributed by atoms with E-state index in [9.17, 15) is 4.39 Å². The van der Waals surface area contributed by atoms with Crippen LogP contribution in [0.2, 0.25) is 5.02 Å². The molecule has 0 aliphatic heterocycles. The van der Waals surface area contributed by atoms with E-state index in [2.05, 4.69) is 20.2 Å². The summed E-state index contributed by atoms with van der Waals surface area (Å²) in [6.45, 7) is 3.78. The molecule has 0 aliphatic rings. The Morgan fingerprint density at radius 2 is 1.61 bits per heavy atom. The molecule has 0 bridgehead atoms. The van der Waals surface area contributed by atoms with Crippen molar-refractivity contribution in [2.24, 2.45) is 0 Å². The highest BCUT2D eigenvalue weighted by Crippen LogP contribution is 2.31. The molecule has 0 atom stereocenters. The van der Waals surface area contributed by atoms with Gasteiger partial charge in [-0.2, -0.15) is 0 Å². The summed E-state index contributed by atoms with van der Waals surface area (Å²) in [6.07, 6.45) is 0. The Morgan fingerprint density at radius 1 is 0.913 bits per heavy atom. The van der Waals surface area contributed by atoms with Crippen molar-refractivity contribution in [3.05, 3.63) is 52.6 Å². The van der Waals surface area contributed by atoms with Crippen LogP contribution in [-0.2, 0) is 0 Å². The quantitative estimate of drug-likeness (QED) is 0.777. The summed E-state index contributed by atoms with van der Waals surface area (Å²) in [5.74, 6) is -0.464. The van der Waals surface area contributed by atoms with Crippen LogP contribution in [0.3, 0.4) is 0 Å². The molecule has 116 valence electrons. The van der Waals surface area contributed by atoms with Gasteiger partial charge in [-0.15, -0.1) is 10.2 Å². The van der Waals surface area contributed by atoms with Gasteiger partial charge in [0.2, 0.25) is 5.95 Å². The number of halogens is 2. The SMILES string of the molecule is Cc1cc(-c2nnc(N)nc2-c2ccc(F)c(Cl)c2)cc(C)n1. The maximum atomic E-state index is 13.4. The summed E-state index contributed by atoms with van der Waals surface area (Å²) in [5.41, 5.74) is 9.81. The van der Waals surface area contributed by atoms with Gasteiger partial charge in [-0.25, -0.2) is 9.37 Å². The second-order valence-corrected chi connectivity index (χ2v) is 5.54. The third kappa shape index (κ3) is 3.12. The normalized spacial score (nSPS) is 10.8. The molecule has 5 nitrogen and oxygen atoms in total. The van der Waals surface area contributed by atoms with Crippen molar-refractivity contribution in [1.29, 1.82) is 0 Å². The Labute approximate surface area is 137 Å². The van der Waals surface area contributed by atoms with Crippen LogP contribution in [0.1, 0.15) is 11.4 Å². The van der Waals surface area contributed by atoms with E-state index in [-0.39, 0.29) is 11.0 Å². The highest BCUT2D eigenvalue weighted by atomic mass is 35.5. The maximum absolute atomic E-state index is 13.4. The van der Waals surface area contributed by atoms with Crippen molar-refractivity contribution < 1.29 is 4.39 Å². The lowest BCUT2D eigenvalue weighted by atomic mass is 10.0. The third-order valence-corrected chi connectivity index (χ3v) is 3.54. The van der Waals surface area contributed by atoms with Gasteiger partial charge in [0.15, 0.2) is 0 Å². The summed E-state index contributed by atoms with van der Waals surface area (Å²) >= 11 is 5.87. The van der Waals surface area contributed by atoms with Gasteiger partial charge in [-0.05, 0) is 44.2 Å². The molecule has 0 unspecified atom stereocenters. The van der Waals surface area contributed by atoms with Gasteiger partial charge in [0, 0.05) is 22.5 Å². The average Bonchev–Trinajstić information content (AvgIpc) is 2.49. The molecule has 1 aromatic carbocycles. The van der Waals surface area contributed by atoms with Crippen molar-refractivity contribution in [3.8, 4) is 22.5 Å². The molecule has 2 N–H and O–H groups in total. The van der Waals surface area contributed by atoms with Crippen LogP contribution in [0, 0.1) is 19.7 Å². The minimum Gasteiger partial charge on any atom is -0.366 e. The van der Waals surface area contributed by atoms with Crippen molar-refractivity contribution in [2.75, 3.05) is 5.73 Å². The molecule has 0 spiro atoms. The number of anilines is 1. The van der Waals surface area contributed by atoms with Crippen LogP contribution < -0.4 is 5.73 Å². The van der Waals surface area contributed by atoms with Gasteiger partial charge < -0.3 is 5.73 Å². The minimum absolute atomic E-state index is 0.00715. The van der Waals surface area contributed by atoms with Crippen molar-refractivity contribution in [1.82, 2.24) is 20.2 Å². The fourth-order valence-corrected chi connectivity index (χ4v) is 2.53. The van der Waals surface area contributed by atoms with Crippen LogP contribution in [0.25, 0.3) is 22.5 Å². The number of benzene rings is 1. The number of aromatic nitrogens is 4. The van der Waals surface area contributed by atoms with Gasteiger partial charge in [0.1, 0.15) is 17.2 Å². The van der Waals surface area contributed by atoms with E-state index in [1.165, 1.54) is 12.1 Å². The summed E-state index contributed by atoms with van der Waals surface area (Å²) in [7, 11) is 0. The number of rotatable bonds is 2. The Kier molecular flexibility index (Phi) is 3.92. The second kappa shape index (κ2) is 5.89. The predicted molar refractivity (Wildman–Crippen MR) is 87.3 cm³/mol.